The van der Waals surface area contributed by atoms with E-state index in [2.05, 4.69) is 16.3 Å². The summed E-state index contributed by atoms with van der Waals surface area (Å²) in [5.41, 5.74) is 3.51. The lowest BCUT2D eigenvalue weighted by Crippen LogP contribution is -2.42. The van der Waals surface area contributed by atoms with Crippen molar-refractivity contribution in [2.45, 2.75) is 89.4 Å². The number of nitrogens with one attached hydrogen (secondary N) is 1. The fraction of sp³-hybridized carbons (Fsp3) is 0.576. The van der Waals surface area contributed by atoms with E-state index in [1.54, 1.807) is 0 Å². The number of nitrogens with zero attached hydrogens (tertiary/aromatic N) is 2. The minimum absolute atomic E-state index is 0.00693. The van der Waals surface area contributed by atoms with Gasteiger partial charge in [-0.3, -0.25) is 14.5 Å². The first-order valence-corrected chi connectivity index (χ1v) is 15.6. The van der Waals surface area contributed by atoms with Crippen molar-refractivity contribution in [2.75, 3.05) is 26.2 Å². The molecule has 2 aromatic rings. The van der Waals surface area contributed by atoms with Gasteiger partial charge in [0.15, 0.2) is 0 Å². The maximum absolute atomic E-state index is 15.0. The van der Waals surface area contributed by atoms with Crippen LogP contribution in [0.25, 0.3) is 0 Å². The Morgan fingerprint density at radius 1 is 1.05 bits per heavy atom. The second kappa shape index (κ2) is 13.0. The number of rotatable bonds is 7. The number of amides is 2. The molecule has 1 saturated carbocycles. The molecular formula is C33H41ClF3N3O2. The van der Waals surface area contributed by atoms with Gasteiger partial charge in [0.05, 0.1) is 6.04 Å². The summed E-state index contributed by atoms with van der Waals surface area (Å²) in [5.74, 6) is -2.02. The highest BCUT2D eigenvalue weighted by atomic mass is 35.5. The van der Waals surface area contributed by atoms with Gasteiger partial charge >= 0.3 is 0 Å². The largest absolute Gasteiger partial charge is 0.350 e. The van der Waals surface area contributed by atoms with Crippen LogP contribution < -0.4 is 5.32 Å². The number of piperidine rings is 1. The van der Waals surface area contributed by atoms with Crippen LogP contribution in [0.1, 0.15) is 92.5 Å². The number of halogens is 4. The summed E-state index contributed by atoms with van der Waals surface area (Å²) in [7, 11) is 0. The average Bonchev–Trinajstić information content (AvgIpc) is 3.59. The molecule has 0 aromatic heterocycles. The molecule has 5 rings (SSSR count). The fourth-order valence-corrected chi connectivity index (χ4v) is 7.64. The average molecular weight is 604 g/mol. The van der Waals surface area contributed by atoms with Crippen LogP contribution in [-0.4, -0.2) is 60.0 Å². The Balaban J connectivity index is 1.34. The molecule has 5 atom stereocenters. The van der Waals surface area contributed by atoms with Gasteiger partial charge in [-0.15, -0.1) is 0 Å². The quantitative estimate of drug-likeness (QED) is 0.378. The zero-order valence-corrected chi connectivity index (χ0v) is 25.4. The lowest BCUT2D eigenvalue weighted by molar-refractivity contribution is -0.137. The van der Waals surface area contributed by atoms with Crippen molar-refractivity contribution >= 4 is 23.4 Å². The standard InChI is InChI=1S/C33H41ClF3N3O2/c1-4-32(38-20(3)41)28-13-19(2)30(34)17-26(28)21-7-10-39(11-8-21)33(42)29-16-24(40-12-9-23(36)18-40)15-27(29)25-6-5-22(35)14-31(25)37/h5-6,13-14,17,21,23-24,27,29,32H,4,7-12,15-16,18H2,1-3H3,(H,38,41)/t23-,24-,27-,29-,32-/m0/s1. The van der Waals surface area contributed by atoms with E-state index in [0.717, 1.165) is 42.0 Å². The minimum atomic E-state index is -0.877. The zero-order chi connectivity index (χ0) is 30.1. The number of carbonyl (C=O) groups excluding carboxylic acids is 2. The van der Waals surface area contributed by atoms with E-state index in [-0.39, 0.29) is 35.7 Å². The molecule has 5 nitrogen and oxygen atoms in total. The summed E-state index contributed by atoms with van der Waals surface area (Å²) in [6.45, 7) is 7.61. The van der Waals surface area contributed by atoms with Crippen LogP contribution in [0.5, 0.6) is 0 Å². The van der Waals surface area contributed by atoms with Gasteiger partial charge in [-0.2, -0.15) is 0 Å². The lowest BCUT2D eigenvalue weighted by Gasteiger charge is -2.36. The third-order valence-electron chi connectivity index (χ3n) is 9.67. The van der Waals surface area contributed by atoms with Crippen LogP contribution in [0.4, 0.5) is 13.2 Å². The van der Waals surface area contributed by atoms with Crippen molar-refractivity contribution in [3.8, 4) is 0 Å². The predicted octanol–water partition coefficient (Wildman–Crippen LogP) is 6.83. The molecule has 9 heteroatoms. The Labute approximate surface area is 251 Å². The summed E-state index contributed by atoms with van der Waals surface area (Å²) in [4.78, 5) is 29.9. The smallest absolute Gasteiger partial charge is 0.226 e. The predicted molar refractivity (Wildman–Crippen MR) is 158 cm³/mol. The molecule has 2 heterocycles. The van der Waals surface area contributed by atoms with Gasteiger partial charge in [0.25, 0.3) is 0 Å². The van der Waals surface area contributed by atoms with E-state index < -0.39 is 23.7 Å². The van der Waals surface area contributed by atoms with Crippen molar-refractivity contribution in [1.29, 1.82) is 0 Å². The number of aryl methyl sites for hydroxylation is 1. The Kier molecular flexibility index (Phi) is 9.53. The van der Waals surface area contributed by atoms with E-state index in [1.165, 1.54) is 19.1 Å². The molecule has 228 valence electrons. The highest BCUT2D eigenvalue weighted by Crippen LogP contribution is 2.45. The van der Waals surface area contributed by atoms with E-state index in [9.17, 15) is 22.8 Å². The molecule has 42 heavy (non-hydrogen) atoms. The van der Waals surface area contributed by atoms with E-state index in [1.807, 2.05) is 24.8 Å². The maximum atomic E-state index is 15.0. The number of benzene rings is 2. The molecular weight excluding hydrogens is 563 g/mol. The van der Waals surface area contributed by atoms with Crippen molar-refractivity contribution in [3.63, 3.8) is 0 Å². The number of likely N-dealkylation sites (tertiary alicyclic amines) is 2. The van der Waals surface area contributed by atoms with Crippen LogP contribution in [0.2, 0.25) is 5.02 Å². The van der Waals surface area contributed by atoms with Gasteiger partial charge in [-0.1, -0.05) is 30.7 Å². The van der Waals surface area contributed by atoms with Crippen LogP contribution in [0.15, 0.2) is 30.3 Å². The number of hydrogen-bond donors (Lipinski definition) is 1. The first-order chi connectivity index (χ1) is 20.0. The summed E-state index contributed by atoms with van der Waals surface area (Å²) in [6, 6.07) is 7.56. The van der Waals surface area contributed by atoms with Crippen LogP contribution in [0, 0.1) is 24.5 Å². The van der Waals surface area contributed by atoms with Crippen molar-refractivity contribution in [3.05, 3.63) is 69.2 Å². The molecule has 0 spiro atoms. The molecule has 3 fully saturated rings. The Bertz CT molecular complexity index is 1320. The van der Waals surface area contributed by atoms with Gasteiger partial charge < -0.3 is 10.2 Å². The highest BCUT2D eigenvalue weighted by Gasteiger charge is 2.45. The first kappa shape index (κ1) is 30.9. The topological polar surface area (TPSA) is 52.7 Å². The molecule has 1 aliphatic carbocycles. The summed E-state index contributed by atoms with van der Waals surface area (Å²) < 4.78 is 42.8. The maximum Gasteiger partial charge on any atom is 0.226 e. The third kappa shape index (κ3) is 6.49. The van der Waals surface area contributed by atoms with Gasteiger partial charge in [0.1, 0.15) is 17.8 Å². The summed E-state index contributed by atoms with van der Waals surface area (Å²) >= 11 is 6.56. The van der Waals surface area contributed by atoms with E-state index in [0.29, 0.717) is 56.0 Å². The van der Waals surface area contributed by atoms with Gasteiger partial charge in [0.2, 0.25) is 11.8 Å². The normalized spacial score (nSPS) is 26.0. The summed E-state index contributed by atoms with van der Waals surface area (Å²) in [6.07, 6.45) is 2.93. The second-order valence-corrected chi connectivity index (χ2v) is 12.8. The number of alkyl halides is 1. The molecule has 2 amide bonds. The summed E-state index contributed by atoms with van der Waals surface area (Å²) in [5, 5.41) is 3.75. The van der Waals surface area contributed by atoms with Gasteiger partial charge in [-0.25, -0.2) is 13.2 Å². The fourth-order valence-electron chi connectivity index (χ4n) is 7.47. The molecule has 2 aromatic carbocycles. The molecule has 3 aliphatic rings. The lowest BCUT2D eigenvalue weighted by atomic mass is 9.82. The van der Waals surface area contributed by atoms with Gasteiger partial charge in [-0.05, 0) is 91.7 Å². The van der Waals surface area contributed by atoms with Crippen molar-refractivity contribution < 1.29 is 22.8 Å². The number of hydrogen-bond acceptors (Lipinski definition) is 3. The third-order valence-corrected chi connectivity index (χ3v) is 10.1. The molecule has 1 N–H and O–H groups in total. The minimum Gasteiger partial charge on any atom is -0.350 e. The monoisotopic (exact) mass is 603 g/mol. The molecule has 0 unspecified atom stereocenters. The number of carbonyl (C=O) groups is 2. The van der Waals surface area contributed by atoms with Crippen molar-refractivity contribution in [1.82, 2.24) is 15.1 Å². The Morgan fingerprint density at radius 2 is 1.79 bits per heavy atom. The first-order valence-electron chi connectivity index (χ1n) is 15.2. The molecule has 0 bridgehead atoms. The molecule has 0 radical (unpaired) electrons. The Hall–Kier alpha value is -2.58. The highest BCUT2D eigenvalue weighted by molar-refractivity contribution is 6.31. The van der Waals surface area contributed by atoms with Crippen molar-refractivity contribution in [2.24, 2.45) is 5.92 Å². The SMILES string of the molecule is CC[C@H](NC(C)=O)c1cc(C)c(Cl)cc1C1CCN(C(=O)[C@H]2C[C@@H](N3CC[C@H](F)C3)C[C@H]2c2ccc(F)cc2F)CC1. The van der Waals surface area contributed by atoms with Gasteiger partial charge in [0, 0.05) is 56.2 Å². The van der Waals surface area contributed by atoms with Crippen LogP contribution >= 0.6 is 11.6 Å². The van der Waals surface area contributed by atoms with E-state index in [4.69, 9.17) is 11.6 Å². The van der Waals surface area contributed by atoms with Crippen LogP contribution in [-0.2, 0) is 9.59 Å². The molecule has 2 saturated heterocycles. The van der Waals surface area contributed by atoms with Crippen LogP contribution in [0.3, 0.4) is 0 Å². The Morgan fingerprint density at radius 3 is 2.40 bits per heavy atom. The molecule has 2 aliphatic heterocycles. The van der Waals surface area contributed by atoms with E-state index >= 15 is 0 Å². The second-order valence-electron chi connectivity index (χ2n) is 12.4. The zero-order valence-electron chi connectivity index (χ0n) is 24.6.